The summed E-state index contributed by atoms with van der Waals surface area (Å²) in [7, 11) is 0. The monoisotopic (exact) mass is 917 g/mol. The zero-order valence-electron chi connectivity index (χ0n) is 38.5. The van der Waals surface area contributed by atoms with Crippen molar-refractivity contribution in [3.05, 3.63) is 59.7 Å². The van der Waals surface area contributed by atoms with Gasteiger partial charge in [-0.05, 0) is 56.2 Å². The zero-order valence-corrected chi connectivity index (χ0v) is 38.5. The van der Waals surface area contributed by atoms with Crippen LogP contribution in [0.2, 0.25) is 0 Å². The zero-order chi connectivity index (χ0) is 47.5. The second-order valence-corrected chi connectivity index (χ2v) is 14.5. The van der Waals surface area contributed by atoms with Gasteiger partial charge in [-0.2, -0.15) is 0 Å². The number of anilines is 2. The molecule has 3 amide bonds. The lowest BCUT2D eigenvalue weighted by atomic mass is 10.2. The number of carbonyl (C=O) groups is 3. The average Bonchev–Trinajstić information content (AvgIpc) is 3.28. The van der Waals surface area contributed by atoms with Gasteiger partial charge in [0.05, 0.1) is 132 Å². The number of ether oxygens (including phenoxy) is 11. The van der Waals surface area contributed by atoms with Crippen molar-refractivity contribution in [1.82, 2.24) is 5.32 Å². The quantitative estimate of drug-likeness (QED) is 0.0558. The minimum Gasteiger partial charge on any atom is -0.444 e. The lowest BCUT2D eigenvalue weighted by Gasteiger charge is -2.19. The number of hydrogen-bond acceptors (Lipinski definition) is 15. The van der Waals surface area contributed by atoms with Gasteiger partial charge in [-0.1, -0.05) is 36.1 Å². The Bertz CT molecular complexity index is 1580. The average molecular weight is 917 g/mol. The molecule has 2 rings (SSSR count). The molecule has 0 fully saturated rings. The summed E-state index contributed by atoms with van der Waals surface area (Å²) in [6.45, 7) is 15.0. The first-order valence-corrected chi connectivity index (χ1v) is 21.6. The van der Waals surface area contributed by atoms with E-state index in [1.165, 1.54) is 0 Å². The van der Waals surface area contributed by atoms with Crippen LogP contribution in [0.15, 0.2) is 48.5 Å². The van der Waals surface area contributed by atoms with Gasteiger partial charge in [0, 0.05) is 24.5 Å². The third-order valence-corrected chi connectivity index (χ3v) is 7.84. The predicted molar refractivity (Wildman–Crippen MR) is 246 cm³/mol. The Morgan fingerprint density at radius 2 is 0.800 bits per heavy atom. The second kappa shape index (κ2) is 40.8. The fourth-order valence-corrected chi connectivity index (χ4v) is 4.72. The van der Waals surface area contributed by atoms with Gasteiger partial charge in [0.25, 0.3) is 0 Å². The second-order valence-electron chi connectivity index (χ2n) is 14.5. The topological polar surface area (TPSA) is 215 Å². The molecule has 18 heteroatoms. The van der Waals surface area contributed by atoms with Gasteiger partial charge < -0.3 is 73.8 Å². The molecule has 0 aliphatic heterocycles. The number of rotatable bonds is 37. The van der Waals surface area contributed by atoms with E-state index in [0.29, 0.717) is 151 Å². The summed E-state index contributed by atoms with van der Waals surface area (Å²) in [6.07, 6.45) is 10.2. The van der Waals surface area contributed by atoms with Crippen LogP contribution < -0.4 is 21.7 Å². The molecule has 0 atom stereocenters. The van der Waals surface area contributed by atoms with E-state index in [1.54, 1.807) is 12.1 Å². The van der Waals surface area contributed by atoms with Crippen molar-refractivity contribution >= 4 is 29.3 Å². The highest BCUT2D eigenvalue weighted by Crippen LogP contribution is 2.12. The van der Waals surface area contributed by atoms with Gasteiger partial charge >= 0.3 is 6.09 Å². The van der Waals surface area contributed by atoms with Crippen molar-refractivity contribution in [1.29, 1.82) is 0 Å². The number of benzene rings is 2. The smallest absolute Gasteiger partial charge is 0.407 e. The van der Waals surface area contributed by atoms with Gasteiger partial charge in [0.2, 0.25) is 11.8 Å². The summed E-state index contributed by atoms with van der Waals surface area (Å²) in [5.41, 5.74) is 8.33. The number of amides is 3. The van der Waals surface area contributed by atoms with E-state index in [-0.39, 0.29) is 24.7 Å². The van der Waals surface area contributed by atoms with Crippen molar-refractivity contribution in [2.45, 2.75) is 52.3 Å². The summed E-state index contributed by atoms with van der Waals surface area (Å²) in [5.74, 6) is 4.53. The van der Waals surface area contributed by atoms with Gasteiger partial charge in [0.1, 0.15) is 18.8 Å². The molecule has 0 aromatic heterocycles. The molecular weight excluding hydrogens is 845 g/mol. The van der Waals surface area contributed by atoms with Gasteiger partial charge in [-0.25, -0.2) is 4.79 Å². The highest BCUT2D eigenvalue weighted by atomic mass is 16.6. The van der Waals surface area contributed by atoms with E-state index >= 15 is 0 Å². The molecule has 2 aromatic rings. The van der Waals surface area contributed by atoms with Crippen molar-refractivity contribution in [2.24, 2.45) is 5.73 Å². The standard InChI is InChI=1S/C26H40N2O8.C21H32N2O6/c1-5-11-31-13-15-33-17-19-35-20-18-34-16-14-32-12-10-24(29)28-23-8-6-22(7-9-23)21-27-25(30)36-26(2,3)4;1-2-8-25-10-12-27-14-16-29-17-15-28-13-11-26-9-7-21(24)23-20-5-3-19(18-22)4-6-20/h1,6-9H,10-21H2,2-4H3,(H,27,30)(H,28,29);1,3-6H,7-18,22H2,(H,23,24). The number of nitrogens with one attached hydrogen (secondary N) is 3. The summed E-state index contributed by atoms with van der Waals surface area (Å²) < 4.78 is 58.3. The third-order valence-electron chi connectivity index (χ3n) is 7.84. The molecule has 0 radical (unpaired) electrons. The Morgan fingerprint density at radius 3 is 1.11 bits per heavy atom. The number of nitrogens with two attached hydrogens (primary N) is 1. The molecular formula is C47H72N4O14. The molecule has 65 heavy (non-hydrogen) atoms. The van der Waals surface area contributed by atoms with Crippen LogP contribution in [0.1, 0.15) is 44.7 Å². The normalized spacial score (nSPS) is 10.9. The first-order chi connectivity index (χ1) is 31.6. The van der Waals surface area contributed by atoms with Crippen LogP contribution in [-0.2, 0) is 74.8 Å². The maximum Gasteiger partial charge on any atom is 0.407 e. The maximum absolute atomic E-state index is 12.1. The molecule has 0 aliphatic rings. The largest absolute Gasteiger partial charge is 0.444 e. The van der Waals surface area contributed by atoms with Crippen LogP contribution in [0.3, 0.4) is 0 Å². The summed E-state index contributed by atoms with van der Waals surface area (Å²) in [5, 5.41) is 8.32. The van der Waals surface area contributed by atoms with Crippen molar-refractivity contribution < 1.29 is 66.5 Å². The summed E-state index contributed by atoms with van der Waals surface area (Å²) >= 11 is 0. The van der Waals surface area contributed by atoms with Gasteiger partial charge in [-0.15, -0.1) is 12.8 Å². The first kappa shape index (κ1) is 58.3. The summed E-state index contributed by atoms with van der Waals surface area (Å²) in [6, 6.07) is 14.7. The lowest BCUT2D eigenvalue weighted by Crippen LogP contribution is -2.32. The molecule has 0 saturated heterocycles. The minimum atomic E-state index is -0.542. The molecule has 0 saturated carbocycles. The maximum atomic E-state index is 12.1. The van der Waals surface area contributed by atoms with E-state index in [1.807, 2.05) is 57.2 Å². The predicted octanol–water partition coefficient (Wildman–Crippen LogP) is 3.95. The molecule has 364 valence electrons. The fraction of sp³-hybridized carbons (Fsp3) is 0.596. The van der Waals surface area contributed by atoms with Crippen LogP contribution in [0.5, 0.6) is 0 Å². The van der Waals surface area contributed by atoms with Crippen molar-refractivity contribution in [3.63, 3.8) is 0 Å². The van der Waals surface area contributed by atoms with E-state index in [9.17, 15) is 14.4 Å². The van der Waals surface area contributed by atoms with Crippen LogP contribution in [0.4, 0.5) is 16.2 Å². The van der Waals surface area contributed by atoms with E-state index < -0.39 is 11.7 Å². The Morgan fingerprint density at radius 1 is 0.492 bits per heavy atom. The number of hydrogen-bond donors (Lipinski definition) is 4. The third kappa shape index (κ3) is 38.3. The number of carbonyl (C=O) groups excluding carboxylic acids is 3. The molecule has 0 spiro atoms. The summed E-state index contributed by atoms with van der Waals surface area (Å²) in [4.78, 5) is 35.6. The molecule has 5 N–H and O–H groups in total. The van der Waals surface area contributed by atoms with E-state index in [4.69, 9.17) is 70.7 Å². The molecule has 0 aliphatic carbocycles. The van der Waals surface area contributed by atoms with Gasteiger partial charge in [-0.3, -0.25) is 9.59 Å². The Kier molecular flexibility index (Phi) is 36.6. The number of terminal acetylenes is 2. The highest BCUT2D eigenvalue weighted by Gasteiger charge is 2.15. The molecule has 0 unspecified atom stereocenters. The van der Waals surface area contributed by atoms with Crippen molar-refractivity contribution in [2.75, 3.05) is 143 Å². The van der Waals surface area contributed by atoms with Crippen LogP contribution in [-0.4, -0.2) is 156 Å². The molecule has 0 bridgehead atoms. The van der Waals surface area contributed by atoms with Crippen LogP contribution in [0, 0.1) is 24.7 Å². The van der Waals surface area contributed by atoms with E-state index in [2.05, 4.69) is 27.8 Å². The Balaban J connectivity index is 0.000000665. The Labute approximate surface area is 385 Å². The Hall–Kier alpha value is -4.67. The van der Waals surface area contributed by atoms with Crippen molar-refractivity contribution in [3.8, 4) is 24.7 Å². The van der Waals surface area contributed by atoms with E-state index in [0.717, 1.165) is 16.8 Å². The molecule has 0 heterocycles. The minimum absolute atomic E-state index is 0.0929. The molecule has 2 aromatic carbocycles. The van der Waals surface area contributed by atoms with Crippen LogP contribution in [0.25, 0.3) is 0 Å². The SMILES string of the molecule is C#CCOCCOCCOCCOCCOCCC(=O)Nc1ccc(CN)cc1.C#CCOCCOCCOCCOCCOCCC(=O)Nc1ccc(CNC(=O)OC(C)(C)C)cc1. The lowest BCUT2D eigenvalue weighted by molar-refractivity contribution is -0.118. The van der Waals surface area contributed by atoms with Crippen LogP contribution >= 0.6 is 0 Å². The highest BCUT2D eigenvalue weighted by molar-refractivity contribution is 5.91. The fourth-order valence-electron chi connectivity index (χ4n) is 4.72. The first-order valence-electron chi connectivity index (χ1n) is 21.6. The number of alkyl carbamates (subject to hydrolysis) is 1. The van der Waals surface area contributed by atoms with Gasteiger partial charge in [0.15, 0.2) is 0 Å². The molecule has 18 nitrogen and oxygen atoms in total.